The van der Waals surface area contributed by atoms with E-state index in [0.29, 0.717) is 12.6 Å². The van der Waals surface area contributed by atoms with Crippen molar-refractivity contribution in [3.8, 4) is 0 Å². The highest BCUT2D eigenvalue weighted by molar-refractivity contribution is 14.0. The minimum Gasteiger partial charge on any atom is -0.373 e. The van der Waals surface area contributed by atoms with Crippen LogP contribution in [-0.2, 0) is 9.53 Å². The number of hydrogen-bond acceptors (Lipinski definition) is 4. The molecule has 1 aliphatic heterocycles. The number of carbonyl (C=O) groups is 1. The van der Waals surface area contributed by atoms with Crippen LogP contribution in [0, 0.1) is 0 Å². The van der Waals surface area contributed by atoms with Crippen LogP contribution in [-0.4, -0.2) is 68.2 Å². The summed E-state index contributed by atoms with van der Waals surface area (Å²) < 4.78 is 6.26. The van der Waals surface area contributed by atoms with Gasteiger partial charge in [-0.1, -0.05) is 26.2 Å². The van der Waals surface area contributed by atoms with Crippen LogP contribution >= 0.6 is 24.0 Å². The van der Waals surface area contributed by atoms with Gasteiger partial charge < -0.3 is 21.1 Å². The number of primary amides is 1. The molecule has 1 saturated carbocycles. The molecule has 2 fully saturated rings. The van der Waals surface area contributed by atoms with Crippen LogP contribution in [0.4, 0.5) is 0 Å². The van der Waals surface area contributed by atoms with Crippen LogP contribution in [0.3, 0.4) is 0 Å². The quantitative estimate of drug-likeness (QED) is 0.272. The lowest BCUT2D eigenvalue weighted by Gasteiger charge is -2.38. The van der Waals surface area contributed by atoms with E-state index in [4.69, 9.17) is 10.5 Å². The number of likely N-dealkylation sites (tertiary alicyclic amines) is 1. The molecule has 1 aliphatic carbocycles. The lowest BCUT2D eigenvalue weighted by molar-refractivity contribution is -0.119. The molecule has 0 aromatic carbocycles. The molecule has 2 rings (SSSR count). The molecule has 27 heavy (non-hydrogen) atoms. The first-order valence-corrected chi connectivity index (χ1v) is 10.2. The second-order valence-electron chi connectivity index (χ2n) is 7.68. The van der Waals surface area contributed by atoms with Crippen molar-refractivity contribution in [2.75, 3.05) is 39.8 Å². The highest BCUT2D eigenvalue weighted by atomic mass is 127. The first-order chi connectivity index (χ1) is 12.6. The van der Waals surface area contributed by atoms with Crippen LogP contribution in [0.1, 0.15) is 58.3 Å². The van der Waals surface area contributed by atoms with Gasteiger partial charge in [-0.15, -0.1) is 24.0 Å². The van der Waals surface area contributed by atoms with Crippen LogP contribution in [0.2, 0.25) is 0 Å². The number of nitrogens with zero attached hydrogens (tertiary/aromatic N) is 2. The van der Waals surface area contributed by atoms with E-state index in [9.17, 15) is 4.79 Å². The van der Waals surface area contributed by atoms with Crippen molar-refractivity contribution in [3.63, 3.8) is 0 Å². The lowest BCUT2D eigenvalue weighted by Crippen LogP contribution is -2.53. The van der Waals surface area contributed by atoms with E-state index in [1.165, 1.54) is 19.3 Å². The van der Waals surface area contributed by atoms with Crippen molar-refractivity contribution in [3.05, 3.63) is 0 Å². The Morgan fingerprint density at radius 2 is 1.93 bits per heavy atom. The molecule has 8 heteroatoms. The summed E-state index contributed by atoms with van der Waals surface area (Å²) in [5, 5.41) is 7.04. The smallest absolute Gasteiger partial charge is 0.231 e. The molecule has 7 nitrogen and oxygen atoms in total. The summed E-state index contributed by atoms with van der Waals surface area (Å²) in [5.74, 6) is 0.599. The van der Waals surface area contributed by atoms with Gasteiger partial charge in [-0.3, -0.25) is 14.7 Å². The topological polar surface area (TPSA) is 92.0 Å². The number of ether oxygens (including phenoxy) is 1. The average molecular weight is 495 g/mol. The maximum atomic E-state index is 11.0. The SMILES string of the molecule is CCCOC1(CNC(=NC)NC2CCN(CC(N)=O)CC2)CCCCC1.I. The molecular formula is C19H38IN5O2. The van der Waals surface area contributed by atoms with E-state index in [1.807, 2.05) is 7.05 Å². The number of amides is 1. The maximum Gasteiger partial charge on any atom is 0.231 e. The number of rotatable bonds is 8. The summed E-state index contributed by atoms with van der Waals surface area (Å²) in [6, 6.07) is 0.379. The van der Waals surface area contributed by atoms with Crippen molar-refractivity contribution in [2.45, 2.75) is 69.9 Å². The van der Waals surface area contributed by atoms with Crippen LogP contribution in [0.25, 0.3) is 0 Å². The fraction of sp³-hybridized carbons (Fsp3) is 0.895. The zero-order valence-corrected chi connectivity index (χ0v) is 19.3. The van der Waals surface area contributed by atoms with Crippen molar-refractivity contribution in [2.24, 2.45) is 10.7 Å². The molecule has 2 aliphatic rings. The van der Waals surface area contributed by atoms with Gasteiger partial charge in [0, 0.05) is 39.3 Å². The minimum absolute atomic E-state index is 0. The second-order valence-corrected chi connectivity index (χ2v) is 7.68. The summed E-state index contributed by atoms with van der Waals surface area (Å²) in [7, 11) is 1.82. The van der Waals surface area contributed by atoms with Gasteiger partial charge in [0.1, 0.15) is 0 Å². The standard InChI is InChI=1S/C19H37N5O2.HI/c1-3-13-26-19(9-5-4-6-10-19)15-22-18(21-2)23-16-7-11-24(12-8-16)14-17(20)25;/h16H,3-15H2,1-2H3,(H2,20,25)(H2,21,22,23);1H. The molecule has 158 valence electrons. The number of piperidine rings is 1. The largest absolute Gasteiger partial charge is 0.373 e. The molecule has 4 N–H and O–H groups in total. The Balaban J connectivity index is 0.00000364. The number of carbonyl (C=O) groups excluding carboxylic acids is 1. The van der Waals surface area contributed by atoms with Gasteiger partial charge in [0.25, 0.3) is 0 Å². The number of nitrogens with one attached hydrogen (secondary N) is 2. The van der Waals surface area contributed by atoms with Crippen molar-refractivity contribution < 1.29 is 9.53 Å². The Morgan fingerprint density at radius 3 is 2.48 bits per heavy atom. The Hall–Kier alpha value is -0.610. The van der Waals surface area contributed by atoms with Gasteiger partial charge in [-0.2, -0.15) is 0 Å². The molecule has 0 bridgehead atoms. The van der Waals surface area contributed by atoms with Crippen LogP contribution in [0.5, 0.6) is 0 Å². The Kier molecular flexibility index (Phi) is 11.6. The van der Waals surface area contributed by atoms with E-state index in [0.717, 1.165) is 64.3 Å². The lowest BCUT2D eigenvalue weighted by atomic mass is 9.84. The first-order valence-electron chi connectivity index (χ1n) is 10.2. The van der Waals surface area contributed by atoms with Gasteiger partial charge in [-0.25, -0.2) is 0 Å². The number of halogens is 1. The van der Waals surface area contributed by atoms with Crippen molar-refractivity contribution in [1.29, 1.82) is 0 Å². The van der Waals surface area contributed by atoms with Gasteiger partial charge in [0.05, 0.1) is 12.1 Å². The third-order valence-electron chi connectivity index (χ3n) is 5.49. The molecular weight excluding hydrogens is 457 g/mol. The molecule has 1 saturated heterocycles. The molecule has 1 heterocycles. The normalized spacial score (nSPS) is 21.3. The van der Waals surface area contributed by atoms with Gasteiger partial charge in [0.15, 0.2) is 5.96 Å². The molecule has 0 aromatic rings. The highest BCUT2D eigenvalue weighted by Crippen LogP contribution is 2.31. The summed E-state index contributed by atoms with van der Waals surface area (Å²) in [4.78, 5) is 17.6. The predicted octanol–water partition coefficient (Wildman–Crippen LogP) is 1.85. The van der Waals surface area contributed by atoms with Gasteiger partial charge in [-0.05, 0) is 32.1 Å². The second kappa shape index (κ2) is 12.8. The Bertz CT molecular complexity index is 461. The molecule has 1 amide bonds. The average Bonchev–Trinajstić information content (AvgIpc) is 2.65. The molecule has 0 atom stereocenters. The van der Waals surface area contributed by atoms with Gasteiger partial charge >= 0.3 is 0 Å². The monoisotopic (exact) mass is 495 g/mol. The summed E-state index contributed by atoms with van der Waals surface area (Å²) >= 11 is 0. The summed E-state index contributed by atoms with van der Waals surface area (Å²) in [5.41, 5.74) is 5.24. The Labute approximate surface area is 181 Å². The molecule has 0 spiro atoms. The summed E-state index contributed by atoms with van der Waals surface area (Å²) in [6.07, 6.45) is 9.10. The zero-order valence-electron chi connectivity index (χ0n) is 17.0. The molecule has 0 unspecified atom stereocenters. The number of guanidine groups is 1. The molecule has 0 radical (unpaired) electrons. The van der Waals surface area contributed by atoms with Crippen LogP contribution in [0.15, 0.2) is 4.99 Å². The van der Waals surface area contributed by atoms with E-state index in [2.05, 4.69) is 27.4 Å². The number of hydrogen-bond donors (Lipinski definition) is 3. The molecule has 0 aromatic heterocycles. The number of aliphatic imine (C=N–C) groups is 1. The fourth-order valence-corrected chi connectivity index (χ4v) is 3.98. The Morgan fingerprint density at radius 1 is 1.26 bits per heavy atom. The fourth-order valence-electron chi connectivity index (χ4n) is 3.98. The van der Waals surface area contributed by atoms with Crippen LogP contribution < -0.4 is 16.4 Å². The first kappa shape index (κ1) is 24.4. The number of nitrogens with two attached hydrogens (primary N) is 1. The van der Waals surface area contributed by atoms with Crippen molar-refractivity contribution >= 4 is 35.8 Å². The summed E-state index contributed by atoms with van der Waals surface area (Å²) in [6.45, 7) is 5.94. The van der Waals surface area contributed by atoms with Gasteiger partial charge in [0.2, 0.25) is 5.91 Å². The maximum absolute atomic E-state index is 11.0. The zero-order chi connectivity index (χ0) is 18.8. The van der Waals surface area contributed by atoms with E-state index < -0.39 is 0 Å². The highest BCUT2D eigenvalue weighted by Gasteiger charge is 2.33. The predicted molar refractivity (Wildman–Crippen MR) is 121 cm³/mol. The van der Waals surface area contributed by atoms with E-state index >= 15 is 0 Å². The van der Waals surface area contributed by atoms with Crippen molar-refractivity contribution in [1.82, 2.24) is 15.5 Å². The van der Waals surface area contributed by atoms with E-state index in [1.54, 1.807) is 0 Å². The minimum atomic E-state index is -0.251. The van der Waals surface area contributed by atoms with E-state index in [-0.39, 0.29) is 35.5 Å². The third kappa shape index (κ3) is 8.51. The third-order valence-corrected chi connectivity index (χ3v) is 5.49.